The fourth-order valence-electron chi connectivity index (χ4n) is 2.63. The van der Waals surface area contributed by atoms with E-state index in [4.69, 9.17) is 0 Å². The van der Waals surface area contributed by atoms with Crippen LogP contribution in [0, 0.1) is 5.82 Å². The standard InChI is InChI=1S/C16H21FN2O2/c1-3-18(11-13-6-8-14(17)9-7-13)16(21)12(2)19-10-4-5-15(19)20/h6-9,12H,3-5,10-11H2,1-2H3. The summed E-state index contributed by atoms with van der Waals surface area (Å²) in [5.41, 5.74) is 0.881. The first-order valence-corrected chi connectivity index (χ1v) is 7.35. The Labute approximate surface area is 124 Å². The Morgan fingerprint density at radius 3 is 2.57 bits per heavy atom. The van der Waals surface area contributed by atoms with Crippen LogP contribution in [0.1, 0.15) is 32.3 Å². The molecule has 0 bridgehead atoms. The van der Waals surface area contributed by atoms with Gasteiger partial charge in [0.15, 0.2) is 0 Å². The normalized spacial score (nSPS) is 16.1. The van der Waals surface area contributed by atoms with E-state index in [9.17, 15) is 14.0 Å². The smallest absolute Gasteiger partial charge is 0.245 e. The van der Waals surface area contributed by atoms with Crippen molar-refractivity contribution in [1.82, 2.24) is 9.80 Å². The highest BCUT2D eigenvalue weighted by Crippen LogP contribution is 2.16. The molecule has 21 heavy (non-hydrogen) atoms. The minimum atomic E-state index is -0.430. The number of carbonyl (C=O) groups excluding carboxylic acids is 2. The van der Waals surface area contributed by atoms with Crippen LogP contribution in [0.2, 0.25) is 0 Å². The van der Waals surface area contributed by atoms with Gasteiger partial charge in [0.05, 0.1) is 0 Å². The van der Waals surface area contributed by atoms with E-state index in [-0.39, 0.29) is 17.6 Å². The number of hydrogen-bond donors (Lipinski definition) is 0. The summed E-state index contributed by atoms with van der Waals surface area (Å²) in [4.78, 5) is 27.6. The van der Waals surface area contributed by atoms with Crippen LogP contribution in [0.3, 0.4) is 0 Å². The van der Waals surface area contributed by atoms with E-state index in [1.54, 1.807) is 28.9 Å². The fraction of sp³-hybridized carbons (Fsp3) is 0.500. The molecule has 0 saturated carbocycles. The minimum absolute atomic E-state index is 0.0497. The third-order valence-corrected chi connectivity index (χ3v) is 3.91. The lowest BCUT2D eigenvalue weighted by atomic mass is 10.2. The van der Waals surface area contributed by atoms with Crippen molar-refractivity contribution in [2.45, 2.75) is 39.3 Å². The molecule has 4 nitrogen and oxygen atoms in total. The van der Waals surface area contributed by atoms with Gasteiger partial charge in [0, 0.05) is 26.1 Å². The summed E-state index contributed by atoms with van der Waals surface area (Å²) >= 11 is 0. The molecule has 1 aromatic carbocycles. The SMILES string of the molecule is CCN(Cc1ccc(F)cc1)C(=O)C(C)N1CCCC1=O. The molecule has 0 N–H and O–H groups in total. The van der Waals surface area contributed by atoms with Crippen LogP contribution < -0.4 is 0 Å². The van der Waals surface area contributed by atoms with Gasteiger partial charge < -0.3 is 9.80 Å². The first-order chi connectivity index (χ1) is 10.0. The van der Waals surface area contributed by atoms with E-state index in [0.717, 1.165) is 12.0 Å². The van der Waals surface area contributed by atoms with Crippen LogP contribution in [0.15, 0.2) is 24.3 Å². The van der Waals surface area contributed by atoms with E-state index in [2.05, 4.69) is 0 Å². The van der Waals surface area contributed by atoms with Crippen LogP contribution in [-0.4, -0.2) is 40.7 Å². The zero-order chi connectivity index (χ0) is 15.4. The first-order valence-electron chi connectivity index (χ1n) is 7.35. The van der Waals surface area contributed by atoms with Crippen LogP contribution in [-0.2, 0) is 16.1 Å². The number of carbonyl (C=O) groups is 2. The van der Waals surface area contributed by atoms with Gasteiger partial charge in [-0.2, -0.15) is 0 Å². The fourth-order valence-corrected chi connectivity index (χ4v) is 2.63. The van der Waals surface area contributed by atoms with Crippen molar-refractivity contribution >= 4 is 11.8 Å². The summed E-state index contributed by atoms with van der Waals surface area (Å²) in [6.07, 6.45) is 1.35. The zero-order valence-electron chi connectivity index (χ0n) is 12.5. The third-order valence-electron chi connectivity index (χ3n) is 3.91. The monoisotopic (exact) mass is 292 g/mol. The first kappa shape index (κ1) is 15.5. The molecule has 1 atom stereocenters. The lowest BCUT2D eigenvalue weighted by molar-refractivity contribution is -0.143. The van der Waals surface area contributed by atoms with E-state index in [0.29, 0.717) is 26.1 Å². The van der Waals surface area contributed by atoms with Crippen molar-refractivity contribution in [2.24, 2.45) is 0 Å². The largest absolute Gasteiger partial charge is 0.337 e. The number of halogens is 1. The highest BCUT2D eigenvalue weighted by molar-refractivity contribution is 5.88. The summed E-state index contributed by atoms with van der Waals surface area (Å²) in [6.45, 7) is 5.32. The second kappa shape index (κ2) is 6.70. The molecule has 0 aromatic heterocycles. The zero-order valence-corrected chi connectivity index (χ0v) is 12.5. The second-order valence-corrected chi connectivity index (χ2v) is 5.35. The van der Waals surface area contributed by atoms with Gasteiger partial charge in [-0.25, -0.2) is 4.39 Å². The van der Waals surface area contributed by atoms with Crippen molar-refractivity contribution in [2.75, 3.05) is 13.1 Å². The average molecular weight is 292 g/mol. The Balaban J connectivity index is 2.04. The molecular weight excluding hydrogens is 271 g/mol. The van der Waals surface area contributed by atoms with Crippen LogP contribution in [0.4, 0.5) is 4.39 Å². The van der Waals surface area contributed by atoms with Crippen LogP contribution in [0.5, 0.6) is 0 Å². The Bertz CT molecular complexity index is 516. The van der Waals surface area contributed by atoms with Gasteiger partial charge in [-0.1, -0.05) is 12.1 Å². The number of hydrogen-bond acceptors (Lipinski definition) is 2. The summed E-state index contributed by atoms with van der Waals surface area (Å²) < 4.78 is 12.9. The van der Waals surface area contributed by atoms with E-state index in [1.807, 2.05) is 6.92 Å². The van der Waals surface area contributed by atoms with Gasteiger partial charge in [0.1, 0.15) is 11.9 Å². The van der Waals surface area contributed by atoms with E-state index < -0.39 is 6.04 Å². The lowest BCUT2D eigenvalue weighted by Gasteiger charge is -2.29. The van der Waals surface area contributed by atoms with Gasteiger partial charge >= 0.3 is 0 Å². The molecule has 0 radical (unpaired) electrons. The topological polar surface area (TPSA) is 40.6 Å². The number of benzene rings is 1. The van der Waals surface area contributed by atoms with Crippen molar-refractivity contribution < 1.29 is 14.0 Å². The molecule has 1 fully saturated rings. The van der Waals surface area contributed by atoms with Gasteiger partial charge in [0.25, 0.3) is 0 Å². The molecule has 2 amide bonds. The van der Waals surface area contributed by atoms with Gasteiger partial charge in [-0.15, -0.1) is 0 Å². The summed E-state index contributed by atoms with van der Waals surface area (Å²) in [7, 11) is 0. The number of likely N-dealkylation sites (tertiary alicyclic amines) is 1. The number of amides is 2. The molecule has 1 heterocycles. The van der Waals surface area contributed by atoms with Crippen molar-refractivity contribution in [1.29, 1.82) is 0 Å². The number of rotatable bonds is 5. The Morgan fingerprint density at radius 1 is 1.38 bits per heavy atom. The third kappa shape index (κ3) is 3.60. The van der Waals surface area contributed by atoms with Gasteiger partial charge in [-0.3, -0.25) is 9.59 Å². The maximum Gasteiger partial charge on any atom is 0.245 e. The lowest BCUT2D eigenvalue weighted by Crippen LogP contribution is -2.47. The number of nitrogens with zero attached hydrogens (tertiary/aromatic N) is 2. The molecule has 1 unspecified atom stereocenters. The van der Waals surface area contributed by atoms with Gasteiger partial charge in [-0.05, 0) is 38.0 Å². The maximum atomic E-state index is 12.9. The molecule has 114 valence electrons. The average Bonchev–Trinajstić information content (AvgIpc) is 2.91. The van der Waals surface area contributed by atoms with Crippen molar-refractivity contribution in [3.63, 3.8) is 0 Å². The summed E-state index contributed by atoms with van der Waals surface area (Å²) in [5.74, 6) is -0.296. The molecule has 0 spiro atoms. The van der Waals surface area contributed by atoms with Gasteiger partial charge in [0.2, 0.25) is 11.8 Å². The molecule has 5 heteroatoms. The molecular formula is C16H21FN2O2. The van der Waals surface area contributed by atoms with Crippen molar-refractivity contribution in [3.05, 3.63) is 35.6 Å². The Hall–Kier alpha value is -1.91. The van der Waals surface area contributed by atoms with E-state index in [1.165, 1.54) is 12.1 Å². The molecule has 1 aliphatic rings. The van der Waals surface area contributed by atoms with E-state index >= 15 is 0 Å². The highest BCUT2D eigenvalue weighted by Gasteiger charge is 2.31. The summed E-state index contributed by atoms with van der Waals surface area (Å²) in [5, 5.41) is 0. The Morgan fingerprint density at radius 2 is 2.05 bits per heavy atom. The predicted molar refractivity (Wildman–Crippen MR) is 77.9 cm³/mol. The molecule has 0 aliphatic carbocycles. The molecule has 1 saturated heterocycles. The van der Waals surface area contributed by atoms with Crippen LogP contribution >= 0.6 is 0 Å². The predicted octanol–water partition coefficient (Wildman–Crippen LogP) is 2.19. The minimum Gasteiger partial charge on any atom is -0.337 e. The maximum absolute atomic E-state index is 12.9. The molecule has 1 aliphatic heterocycles. The highest BCUT2D eigenvalue weighted by atomic mass is 19.1. The number of likely N-dealkylation sites (N-methyl/N-ethyl adjacent to an activating group) is 1. The van der Waals surface area contributed by atoms with Crippen LogP contribution in [0.25, 0.3) is 0 Å². The Kier molecular flexibility index (Phi) is 4.94. The summed E-state index contributed by atoms with van der Waals surface area (Å²) in [6, 6.07) is 5.70. The second-order valence-electron chi connectivity index (χ2n) is 5.35. The molecule has 1 aromatic rings. The molecule has 2 rings (SSSR count). The quantitative estimate of drug-likeness (QED) is 0.834. The van der Waals surface area contributed by atoms with Crippen molar-refractivity contribution in [3.8, 4) is 0 Å².